The second kappa shape index (κ2) is 7.43. The lowest BCUT2D eigenvalue weighted by Gasteiger charge is -2.25. The first-order valence-corrected chi connectivity index (χ1v) is 8.07. The summed E-state index contributed by atoms with van der Waals surface area (Å²) in [5.41, 5.74) is 2.19. The number of aryl methyl sites for hydroxylation is 2. The molecule has 1 unspecified atom stereocenters. The molecule has 1 aliphatic heterocycles. The SMILES string of the molecule is CN=C(NCc1cn[nH]c1C)NC1CCc2nc(COC)nn2C1. The van der Waals surface area contributed by atoms with Crippen LogP contribution in [0.2, 0.25) is 0 Å². The molecular weight excluding hydrogens is 308 g/mol. The highest BCUT2D eigenvalue weighted by molar-refractivity contribution is 5.79. The predicted octanol–water partition coefficient (Wildman–Crippen LogP) is 0.136. The summed E-state index contributed by atoms with van der Waals surface area (Å²) in [5, 5.41) is 18.2. The lowest BCUT2D eigenvalue weighted by Crippen LogP contribution is -2.46. The van der Waals surface area contributed by atoms with Crippen LogP contribution in [0.3, 0.4) is 0 Å². The fraction of sp³-hybridized carbons (Fsp3) is 0.600. The van der Waals surface area contributed by atoms with Crippen molar-refractivity contribution in [3.63, 3.8) is 0 Å². The summed E-state index contributed by atoms with van der Waals surface area (Å²) in [7, 11) is 3.43. The molecule has 0 radical (unpaired) electrons. The quantitative estimate of drug-likeness (QED) is 0.531. The van der Waals surface area contributed by atoms with E-state index in [4.69, 9.17) is 4.74 Å². The van der Waals surface area contributed by atoms with Gasteiger partial charge in [-0.1, -0.05) is 0 Å². The normalized spacial score (nSPS) is 17.6. The molecule has 3 heterocycles. The van der Waals surface area contributed by atoms with Crippen LogP contribution in [0, 0.1) is 6.92 Å². The number of fused-ring (bicyclic) bond motifs is 1. The molecule has 0 saturated heterocycles. The van der Waals surface area contributed by atoms with Gasteiger partial charge < -0.3 is 15.4 Å². The fourth-order valence-corrected chi connectivity index (χ4v) is 2.79. The summed E-state index contributed by atoms with van der Waals surface area (Å²) < 4.78 is 7.06. The Kier molecular flexibility index (Phi) is 5.09. The van der Waals surface area contributed by atoms with E-state index in [2.05, 4.69) is 35.9 Å². The molecule has 0 aromatic carbocycles. The Labute approximate surface area is 140 Å². The van der Waals surface area contributed by atoms with Crippen molar-refractivity contribution in [3.8, 4) is 0 Å². The lowest BCUT2D eigenvalue weighted by atomic mass is 10.1. The average Bonchev–Trinajstić information content (AvgIpc) is 3.16. The molecule has 1 atom stereocenters. The van der Waals surface area contributed by atoms with Gasteiger partial charge in [0.15, 0.2) is 11.8 Å². The number of H-pyrrole nitrogens is 1. The summed E-state index contributed by atoms with van der Waals surface area (Å²) in [6, 6.07) is 0.270. The van der Waals surface area contributed by atoms with E-state index in [0.29, 0.717) is 13.2 Å². The van der Waals surface area contributed by atoms with Gasteiger partial charge in [-0.05, 0) is 13.3 Å². The van der Waals surface area contributed by atoms with Gasteiger partial charge in [0.2, 0.25) is 0 Å². The van der Waals surface area contributed by atoms with Crippen molar-refractivity contribution in [1.82, 2.24) is 35.6 Å². The number of guanidine groups is 1. The topological polar surface area (TPSA) is 105 Å². The van der Waals surface area contributed by atoms with Crippen molar-refractivity contribution in [1.29, 1.82) is 0 Å². The minimum atomic E-state index is 0.270. The first-order valence-electron chi connectivity index (χ1n) is 8.07. The molecule has 9 nitrogen and oxygen atoms in total. The molecular formula is C15H24N8O. The Bertz CT molecular complexity index is 704. The van der Waals surface area contributed by atoms with Gasteiger partial charge in [0, 0.05) is 44.4 Å². The third-order valence-corrected chi connectivity index (χ3v) is 4.12. The number of hydrogen-bond acceptors (Lipinski definition) is 5. The van der Waals surface area contributed by atoms with Crippen LogP contribution >= 0.6 is 0 Å². The van der Waals surface area contributed by atoms with E-state index in [1.54, 1.807) is 14.2 Å². The highest BCUT2D eigenvalue weighted by Crippen LogP contribution is 2.13. The minimum Gasteiger partial charge on any atom is -0.377 e. The molecule has 1 aliphatic rings. The number of rotatable bonds is 5. The molecule has 9 heteroatoms. The predicted molar refractivity (Wildman–Crippen MR) is 89.5 cm³/mol. The van der Waals surface area contributed by atoms with Gasteiger partial charge in [0.05, 0.1) is 12.7 Å². The van der Waals surface area contributed by atoms with E-state index in [1.165, 1.54) is 0 Å². The second-order valence-corrected chi connectivity index (χ2v) is 5.89. The van der Waals surface area contributed by atoms with Crippen LogP contribution in [0.15, 0.2) is 11.2 Å². The zero-order chi connectivity index (χ0) is 16.9. The standard InChI is InChI=1S/C15H24N8O/c1-10-11(7-18-21-10)6-17-15(16-2)19-12-4-5-14-20-13(9-24-3)22-23(14)8-12/h7,12H,4-6,8-9H2,1-3H3,(H,18,21)(H2,16,17,19). The molecule has 0 bridgehead atoms. The number of hydrogen-bond donors (Lipinski definition) is 3. The molecule has 0 saturated carbocycles. The molecule has 130 valence electrons. The molecule has 0 amide bonds. The third kappa shape index (κ3) is 3.73. The molecule has 2 aromatic rings. The van der Waals surface area contributed by atoms with Crippen LogP contribution in [-0.4, -0.2) is 51.1 Å². The van der Waals surface area contributed by atoms with E-state index in [-0.39, 0.29) is 6.04 Å². The molecule has 3 N–H and O–H groups in total. The van der Waals surface area contributed by atoms with Gasteiger partial charge >= 0.3 is 0 Å². The van der Waals surface area contributed by atoms with E-state index in [9.17, 15) is 0 Å². The summed E-state index contributed by atoms with van der Waals surface area (Å²) in [6.07, 6.45) is 3.72. The summed E-state index contributed by atoms with van der Waals surface area (Å²) >= 11 is 0. The number of nitrogens with zero attached hydrogens (tertiary/aromatic N) is 5. The summed E-state index contributed by atoms with van der Waals surface area (Å²) in [5.74, 6) is 2.55. The molecule has 2 aromatic heterocycles. The van der Waals surface area contributed by atoms with Crippen LogP contribution in [0.5, 0.6) is 0 Å². The van der Waals surface area contributed by atoms with Crippen molar-refractivity contribution >= 4 is 5.96 Å². The Hall–Kier alpha value is -2.42. The molecule has 24 heavy (non-hydrogen) atoms. The molecule has 0 fully saturated rings. The van der Waals surface area contributed by atoms with Crippen LogP contribution in [-0.2, 0) is 30.9 Å². The smallest absolute Gasteiger partial charge is 0.191 e. The number of aliphatic imine (C=N–C) groups is 1. The van der Waals surface area contributed by atoms with Crippen LogP contribution in [0.25, 0.3) is 0 Å². The Morgan fingerprint density at radius 1 is 1.54 bits per heavy atom. The zero-order valence-electron chi connectivity index (χ0n) is 14.3. The molecule has 0 aliphatic carbocycles. The largest absolute Gasteiger partial charge is 0.377 e. The van der Waals surface area contributed by atoms with E-state index in [0.717, 1.165) is 48.3 Å². The summed E-state index contributed by atoms with van der Waals surface area (Å²) in [4.78, 5) is 8.80. The Morgan fingerprint density at radius 3 is 3.12 bits per heavy atom. The van der Waals surface area contributed by atoms with Gasteiger partial charge in [-0.15, -0.1) is 0 Å². The summed E-state index contributed by atoms with van der Waals surface area (Å²) in [6.45, 7) is 3.91. The van der Waals surface area contributed by atoms with Gasteiger partial charge in [-0.2, -0.15) is 10.2 Å². The number of methoxy groups -OCH3 is 1. The highest BCUT2D eigenvalue weighted by atomic mass is 16.5. The maximum absolute atomic E-state index is 5.10. The Morgan fingerprint density at radius 2 is 2.42 bits per heavy atom. The first-order chi connectivity index (χ1) is 11.7. The third-order valence-electron chi connectivity index (χ3n) is 4.12. The van der Waals surface area contributed by atoms with Crippen LogP contribution in [0.1, 0.15) is 29.3 Å². The fourth-order valence-electron chi connectivity index (χ4n) is 2.79. The van der Waals surface area contributed by atoms with Gasteiger partial charge in [0.25, 0.3) is 0 Å². The van der Waals surface area contributed by atoms with Crippen molar-refractivity contribution in [2.45, 2.75) is 45.5 Å². The number of ether oxygens (including phenoxy) is 1. The van der Waals surface area contributed by atoms with Crippen LogP contribution in [0.4, 0.5) is 0 Å². The van der Waals surface area contributed by atoms with E-state index >= 15 is 0 Å². The average molecular weight is 332 g/mol. The van der Waals surface area contributed by atoms with Crippen molar-refractivity contribution in [3.05, 3.63) is 29.1 Å². The maximum Gasteiger partial charge on any atom is 0.191 e. The van der Waals surface area contributed by atoms with Gasteiger partial charge in [-0.25, -0.2) is 9.67 Å². The molecule has 0 spiro atoms. The van der Waals surface area contributed by atoms with E-state index < -0.39 is 0 Å². The van der Waals surface area contributed by atoms with Crippen LogP contribution < -0.4 is 10.6 Å². The number of aromatic amines is 1. The van der Waals surface area contributed by atoms with Gasteiger partial charge in [0.1, 0.15) is 12.4 Å². The number of aromatic nitrogens is 5. The Balaban J connectivity index is 1.55. The molecule has 3 rings (SSSR count). The minimum absolute atomic E-state index is 0.270. The van der Waals surface area contributed by atoms with Crippen molar-refractivity contribution in [2.24, 2.45) is 4.99 Å². The maximum atomic E-state index is 5.10. The monoisotopic (exact) mass is 332 g/mol. The highest BCUT2D eigenvalue weighted by Gasteiger charge is 2.22. The van der Waals surface area contributed by atoms with Crippen molar-refractivity contribution in [2.75, 3.05) is 14.2 Å². The number of nitrogens with one attached hydrogen (secondary N) is 3. The van der Waals surface area contributed by atoms with E-state index in [1.807, 2.05) is 17.8 Å². The zero-order valence-corrected chi connectivity index (χ0v) is 14.3. The first kappa shape index (κ1) is 16.4. The van der Waals surface area contributed by atoms with Gasteiger partial charge in [-0.3, -0.25) is 10.1 Å². The van der Waals surface area contributed by atoms with Crippen molar-refractivity contribution < 1.29 is 4.74 Å². The second-order valence-electron chi connectivity index (χ2n) is 5.89. The lowest BCUT2D eigenvalue weighted by molar-refractivity contribution is 0.177.